The van der Waals surface area contributed by atoms with Gasteiger partial charge in [0, 0.05) is 7.05 Å². The number of phenols is 1. The minimum atomic E-state index is -0.290. The van der Waals surface area contributed by atoms with Gasteiger partial charge in [-0.3, -0.25) is 9.48 Å². The Morgan fingerprint density at radius 1 is 1.22 bits per heavy atom. The van der Waals surface area contributed by atoms with E-state index in [4.69, 9.17) is 18.0 Å². The van der Waals surface area contributed by atoms with Gasteiger partial charge in [0.25, 0.3) is 5.56 Å². The van der Waals surface area contributed by atoms with Crippen molar-refractivity contribution in [3.05, 3.63) is 76.2 Å². The van der Waals surface area contributed by atoms with E-state index in [1.807, 2.05) is 30.3 Å². The fraction of sp³-hybridized carbons (Fsp3) is 0.105. The molecule has 0 aliphatic carbocycles. The second-order valence-corrected chi connectivity index (χ2v) is 6.32. The highest BCUT2D eigenvalue weighted by atomic mass is 32.1. The molecule has 7 nitrogen and oxygen atoms in total. The topological polar surface area (TPSA) is 88.8 Å². The monoisotopic (exact) mass is 381 g/mol. The maximum Gasteiger partial charge on any atom is 0.297 e. The molecule has 138 valence electrons. The minimum absolute atomic E-state index is 0.0579. The Morgan fingerprint density at radius 2 is 1.93 bits per heavy atom. The second-order valence-electron chi connectivity index (χ2n) is 5.90. The molecule has 0 bridgehead atoms. The maximum atomic E-state index is 13.1. The molecular formula is C19H19N5O2S. The average Bonchev–Trinajstić information content (AvgIpc) is 2.86. The lowest BCUT2D eigenvalue weighted by Gasteiger charge is -2.15. The molecule has 0 saturated heterocycles. The molecule has 1 heterocycles. The number of aromatic hydroxyl groups is 1. The summed E-state index contributed by atoms with van der Waals surface area (Å²) in [5.74, 6) is 0.114. The van der Waals surface area contributed by atoms with Gasteiger partial charge in [-0.2, -0.15) is 5.10 Å². The van der Waals surface area contributed by atoms with Crippen LogP contribution in [0.3, 0.4) is 0 Å². The van der Waals surface area contributed by atoms with E-state index in [1.54, 1.807) is 42.9 Å². The molecule has 0 unspecified atom stereocenters. The predicted molar refractivity (Wildman–Crippen MR) is 111 cm³/mol. The van der Waals surface area contributed by atoms with Crippen LogP contribution in [-0.2, 0) is 7.05 Å². The fourth-order valence-corrected chi connectivity index (χ4v) is 2.89. The number of nitrogens with two attached hydrogens (primary N) is 1. The number of hydrogen-bond acceptors (Lipinski definition) is 4. The average molecular weight is 381 g/mol. The van der Waals surface area contributed by atoms with Gasteiger partial charge in [0.1, 0.15) is 5.75 Å². The van der Waals surface area contributed by atoms with E-state index in [9.17, 15) is 9.90 Å². The van der Waals surface area contributed by atoms with Gasteiger partial charge in [-0.05, 0) is 49.0 Å². The number of aromatic nitrogens is 2. The van der Waals surface area contributed by atoms with Crippen LogP contribution < -0.4 is 16.3 Å². The predicted octanol–water partition coefficient (Wildman–Crippen LogP) is 2.27. The van der Waals surface area contributed by atoms with Crippen molar-refractivity contribution in [1.29, 1.82) is 0 Å². The van der Waals surface area contributed by atoms with Crippen LogP contribution >= 0.6 is 12.2 Å². The van der Waals surface area contributed by atoms with Gasteiger partial charge >= 0.3 is 0 Å². The summed E-state index contributed by atoms with van der Waals surface area (Å²) < 4.78 is 3.25. The zero-order valence-corrected chi connectivity index (χ0v) is 15.7. The first-order chi connectivity index (χ1) is 12.9. The molecule has 0 spiro atoms. The number of hydrogen-bond donors (Lipinski definition) is 2. The van der Waals surface area contributed by atoms with Crippen molar-refractivity contribution in [2.24, 2.45) is 17.9 Å². The standard InChI is InChI=1S/C19H19N5O2S/c1-13-17(18(26)24(22(13)2)15-8-4-3-5-9-15)23(19(20)27)21-12-14-7-6-10-16(25)11-14/h3-12,25H,1-2H3,(H2,20,27)/b21-12+. The number of para-hydroxylation sites is 1. The minimum Gasteiger partial charge on any atom is -0.508 e. The Morgan fingerprint density at radius 3 is 2.56 bits per heavy atom. The molecule has 0 atom stereocenters. The van der Waals surface area contributed by atoms with E-state index >= 15 is 0 Å². The van der Waals surface area contributed by atoms with E-state index < -0.39 is 0 Å². The summed E-state index contributed by atoms with van der Waals surface area (Å²) in [5, 5.41) is 15.0. The fourth-order valence-electron chi connectivity index (χ4n) is 2.75. The molecule has 2 aromatic carbocycles. The van der Waals surface area contributed by atoms with E-state index in [2.05, 4.69) is 5.10 Å². The van der Waals surface area contributed by atoms with E-state index in [0.717, 1.165) is 5.69 Å². The van der Waals surface area contributed by atoms with Crippen LogP contribution in [0.4, 0.5) is 5.69 Å². The van der Waals surface area contributed by atoms with Crippen molar-refractivity contribution in [1.82, 2.24) is 9.36 Å². The molecule has 8 heteroatoms. The molecule has 0 aliphatic rings. The van der Waals surface area contributed by atoms with Crippen LogP contribution in [0.15, 0.2) is 64.5 Å². The third-order valence-corrected chi connectivity index (χ3v) is 4.31. The van der Waals surface area contributed by atoms with E-state index in [1.165, 1.54) is 15.9 Å². The van der Waals surface area contributed by atoms with Crippen molar-refractivity contribution in [3.8, 4) is 11.4 Å². The smallest absolute Gasteiger partial charge is 0.297 e. The molecule has 1 aromatic heterocycles. The second kappa shape index (κ2) is 7.46. The first-order valence-electron chi connectivity index (χ1n) is 8.16. The van der Waals surface area contributed by atoms with Crippen LogP contribution in [0, 0.1) is 6.92 Å². The molecule has 0 fully saturated rings. The number of nitrogens with zero attached hydrogens (tertiary/aromatic N) is 4. The highest BCUT2D eigenvalue weighted by Crippen LogP contribution is 2.19. The Bertz CT molecular complexity index is 1070. The molecule has 0 saturated carbocycles. The van der Waals surface area contributed by atoms with Gasteiger partial charge in [0.15, 0.2) is 10.8 Å². The van der Waals surface area contributed by atoms with Crippen LogP contribution in [0.1, 0.15) is 11.3 Å². The summed E-state index contributed by atoms with van der Waals surface area (Å²) in [6.45, 7) is 1.80. The van der Waals surface area contributed by atoms with Crippen LogP contribution in [0.2, 0.25) is 0 Å². The van der Waals surface area contributed by atoms with Crippen molar-refractivity contribution >= 4 is 29.2 Å². The molecule has 3 N–H and O–H groups in total. The Kier molecular flexibility index (Phi) is 5.09. The molecule has 3 rings (SSSR count). The summed E-state index contributed by atoms with van der Waals surface area (Å²) in [6, 6.07) is 15.8. The summed E-state index contributed by atoms with van der Waals surface area (Å²) in [5.41, 5.74) is 7.84. The third kappa shape index (κ3) is 3.61. The van der Waals surface area contributed by atoms with Crippen molar-refractivity contribution in [3.63, 3.8) is 0 Å². The normalized spacial score (nSPS) is 11.0. The van der Waals surface area contributed by atoms with Gasteiger partial charge in [-0.25, -0.2) is 9.69 Å². The van der Waals surface area contributed by atoms with Crippen molar-refractivity contribution in [2.75, 3.05) is 5.01 Å². The summed E-state index contributed by atoms with van der Waals surface area (Å²) in [6.07, 6.45) is 1.48. The first kappa shape index (κ1) is 18.4. The highest BCUT2D eigenvalue weighted by molar-refractivity contribution is 7.80. The molecule has 3 aromatic rings. The number of phenolic OH excluding ortho intramolecular Hbond substituents is 1. The Balaban J connectivity index is 2.10. The van der Waals surface area contributed by atoms with Crippen molar-refractivity contribution < 1.29 is 5.11 Å². The largest absolute Gasteiger partial charge is 0.508 e. The quantitative estimate of drug-likeness (QED) is 0.411. The summed E-state index contributed by atoms with van der Waals surface area (Å²) >= 11 is 5.11. The summed E-state index contributed by atoms with van der Waals surface area (Å²) in [7, 11) is 1.78. The zero-order chi connectivity index (χ0) is 19.6. The lowest BCUT2D eigenvalue weighted by Crippen LogP contribution is -2.35. The van der Waals surface area contributed by atoms with Gasteiger partial charge in [0.2, 0.25) is 0 Å². The van der Waals surface area contributed by atoms with Crippen molar-refractivity contribution in [2.45, 2.75) is 6.92 Å². The van der Waals surface area contributed by atoms with Gasteiger partial charge in [0.05, 0.1) is 17.6 Å². The lowest BCUT2D eigenvalue weighted by molar-refractivity contribution is 0.475. The SMILES string of the molecule is Cc1c(N(/N=C/c2cccc(O)c2)C(N)=S)c(=O)n(-c2ccccc2)n1C. The molecule has 0 radical (unpaired) electrons. The molecule has 0 amide bonds. The van der Waals surface area contributed by atoms with Crippen LogP contribution in [0.25, 0.3) is 5.69 Å². The summed E-state index contributed by atoms with van der Waals surface area (Å²) in [4.78, 5) is 13.1. The maximum absolute atomic E-state index is 13.1. The first-order valence-corrected chi connectivity index (χ1v) is 8.57. The number of benzene rings is 2. The Labute approximate surface area is 161 Å². The lowest BCUT2D eigenvalue weighted by atomic mass is 10.2. The Hall–Kier alpha value is -3.39. The number of hydrazone groups is 1. The van der Waals surface area contributed by atoms with Crippen LogP contribution in [-0.4, -0.2) is 25.8 Å². The van der Waals surface area contributed by atoms with Crippen LogP contribution in [0.5, 0.6) is 5.75 Å². The number of thiocarbonyl (C=S) groups is 1. The zero-order valence-electron chi connectivity index (χ0n) is 14.9. The molecule has 27 heavy (non-hydrogen) atoms. The third-order valence-electron chi connectivity index (χ3n) is 4.14. The molecular weight excluding hydrogens is 362 g/mol. The van der Waals surface area contributed by atoms with E-state index in [-0.39, 0.29) is 22.1 Å². The van der Waals surface area contributed by atoms with Gasteiger partial charge < -0.3 is 10.8 Å². The van der Waals surface area contributed by atoms with E-state index in [0.29, 0.717) is 11.3 Å². The van der Waals surface area contributed by atoms with Gasteiger partial charge in [-0.1, -0.05) is 30.3 Å². The number of rotatable bonds is 4. The highest BCUT2D eigenvalue weighted by Gasteiger charge is 2.23. The van der Waals surface area contributed by atoms with Gasteiger partial charge in [-0.15, -0.1) is 0 Å². The molecule has 0 aliphatic heterocycles. The number of anilines is 1.